The summed E-state index contributed by atoms with van der Waals surface area (Å²) in [6, 6.07) is 0. The normalized spacial score (nSPS) is 20.1. The number of carboxylic acids is 1. The summed E-state index contributed by atoms with van der Waals surface area (Å²) in [7, 11) is 0. The van der Waals surface area contributed by atoms with E-state index in [0.717, 1.165) is 25.9 Å². The fourth-order valence-corrected chi connectivity index (χ4v) is 1.83. The van der Waals surface area contributed by atoms with Gasteiger partial charge in [0.2, 0.25) is 5.89 Å². The van der Waals surface area contributed by atoms with Crippen molar-refractivity contribution in [2.75, 3.05) is 13.1 Å². The molecule has 0 spiro atoms. The van der Waals surface area contributed by atoms with E-state index in [1.165, 1.54) is 0 Å². The molecule has 88 valence electrons. The number of hydrogen-bond donors (Lipinski definition) is 2. The molecule has 0 amide bonds. The largest absolute Gasteiger partial charge is 0.481 e. The standard InChI is InChI=1S/C10H15N3O3/c14-10(15)2-1-8-12-9(16-13-8)5-7-3-4-11-6-7/h7,11H,1-6H2,(H,14,15). The molecule has 1 unspecified atom stereocenters. The van der Waals surface area contributed by atoms with Crippen LogP contribution in [0.2, 0.25) is 0 Å². The molecular formula is C10H15N3O3. The van der Waals surface area contributed by atoms with Crippen molar-refractivity contribution in [1.82, 2.24) is 15.5 Å². The molecule has 0 radical (unpaired) electrons. The predicted octanol–water partition coefficient (Wildman–Crippen LogP) is 0.239. The number of nitrogens with zero attached hydrogens (tertiary/aromatic N) is 2. The monoisotopic (exact) mass is 225 g/mol. The van der Waals surface area contributed by atoms with Gasteiger partial charge in [0.05, 0.1) is 6.42 Å². The molecule has 0 bridgehead atoms. The minimum absolute atomic E-state index is 0.0456. The maximum atomic E-state index is 10.4. The van der Waals surface area contributed by atoms with Crippen LogP contribution in [0.3, 0.4) is 0 Å². The van der Waals surface area contributed by atoms with E-state index >= 15 is 0 Å². The molecule has 1 saturated heterocycles. The van der Waals surface area contributed by atoms with E-state index in [1.807, 2.05) is 0 Å². The van der Waals surface area contributed by atoms with E-state index in [-0.39, 0.29) is 6.42 Å². The van der Waals surface area contributed by atoms with E-state index in [1.54, 1.807) is 0 Å². The molecule has 0 aliphatic carbocycles. The van der Waals surface area contributed by atoms with Crippen LogP contribution in [-0.2, 0) is 17.6 Å². The molecule has 16 heavy (non-hydrogen) atoms. The lowest BCUT2D eigenvalue weighted by Crippen LogP contribution is -2.10. The number of nitrogens with one attached hydrogen (secondary N) is 1. The van der Waals surface area contributed by atoms with Gasteiger partial charge in [-0.3, -0.25) is 4.79 Å². The molecule has 6 nitrogen and oxygen atoms in total. The second-order valence-electron chi connectivity index (χ2n) is 4.06. The Morgan fingerprint density at radius 3 is 3.19 bits per heavy atom. The lowest BCUT2D eigenvalue weighted by molar-refractivity contribution is -0.137. The van der Waals surface area contributed by atoms with Crippen LogP contribution in [0, 0.1) is 5.92 Å². The number of hydrogen-bond acceptors (Lipinski definition) is 5. The molecule has 2 heterocycles. The third-order valence-electron chi connectivity index (χ3n) is 2.70. The van der Waals surface area contributed by atoms with Gasteiger partial charge in [-0.2, -0.15) is 4.98 Å². The average Bonchev–Trinajstić information content (AvgIpc) is 2.87. The summed E-state index contributed by atoms with van der Waals surface area (Å²) in [5, 5.41) is 15.5. The zero-order valence-electron chi connectivity index (χ0n) is 8.98. The van der Waals surface area contributed by atoms with Gasteiger partial charge < -0.3 is 14.9 Å². The number of rotatable bonds is 5. The van der Waals surface area contributed by atoms with Crippen LogP contribution in [-0.4, -0.2) is 34.3 Å². The van der Waals surface area contributed by atoms with E-state index in [4.69, 9.17) is 9.63 Å². The summed E-state index contributed by atoms with van der Waals surface area (Å²) in [5.41, 5.74) is 0. The second-order valence-corrected chi connectivity index (χ2v) is 4.06. The van der Waals surface area contributed by atoms with Gasteiger partial charge in [-0.05, 0) is 25.4 Å². The van der Waals surface area contributed by atoms with Gasteiger partial charge >= 0.3 is 5.97 Å². The Labute approximate surface area is 93.0 Å². The summed E-state index contributed by atoms with van der Waals surface area (Å²) >= 11 is 0. The first-order valence-corrected chi connectivity index (χ1v) is 5.48. The lowest BCUT2D eigenvalue weighted by Gasteiger charge is -2.01. The number of aryl methyl sites for hydroxylation is 1. The Kier molecular flexibility index (Phi) is 3.51. The highest BCUT2D eigenvalue weighted by atomic mass is 16.5. The van der Waals surface area contributed by atoms with Gasteiger partial charge in [0.25, 0.3) is 0 Å². The van der Waals surface area contributed by atoms with Crippen molar-refractivity contribution in [3.05, 3.63) is 11.7 Å². The number of aromatic nitrogens is 2. The maximum absolute atomic E-state index is 10.4. The van der Waals surface area contributed by atoms with Crippen molar-refractivity contribution < 1.29 is 14.4 Å². The Morgan fingerprint density at radius 2 is 2.50 bits per heavy atom. The van der Waals surface area contributed by atoms with Gasteiger partial charge in [0, 0.05) is 12.8 Å². The van der Waals surface area contributed by atoms with Gasteiger partial charge in [-0.15, -0.1) is 0 Å². The van der Waals surface area contributed by atoms with Crippen LogP contribution in [0.5, 0.6) is 0 Å². The molecule has 2 N–H and O–H groups in total. The van der Waals surface area contributed by atoms with Gasteiger partial charge in [-0.25, -0.2) is 0 Å². The number of carbonyl (C=O) groups is 1. The van der Waals surface area contributed by atoms with Crippen LogP contribution in [0.1, 0.15) is 24.6 Å². The smallest absolute Gasteiger partial charge is 0.303 e. The molecule has 0 saturated carbocycles. The summed E-state index contributed by atoms with van der Waals surface area (Å²) in [4.78, 5) is 14.5. The van der Waals surface area contributed by atoms with Gasteiger partial charge in [0.1, 0.15) is 0 Å². The van der Waals surface area contributed by atoms with E-state index in [0.29, 0.717) is 24.1 Å². The van der Waals surface area contributed by atoms with Crippen LogP contribution >= 0.6 is 0 Å². The summed E-state index contributed by atoms with van der Waals surface area (Å²) < 4.78 is 5.08. The molecule has 1 aromatic rings. The van der Waals surface area contributed by atoms with Crippen LogP contribution < -0.4 is 5.32 Å². The average molecular weight is 225 g/mol. The Balaban J connectivity index is 1.84. The highest BCUT2D eigenvalue weighted by molar-refractivity contribution is 5.66. The van der Waals surface area contributed by atoms with E-state index in [2.05, 4.69) is 15.5 Å². The minimum Gasteiger partial charge on any atom is -0.481 e. The SMILES string of the molecule is O=C(O)CCc1noc(CC2CCNC2)n1. The van der Waals surface area contributed by atoms with Crippen LogP contribution in [0.4, 0.5) is 0 Å². The van der Waals surface area contributed by atoms with Crippen LogP contribution in [0.25, 0.3) is 0 Å². The third kappa shape index (κ3) is 3.03. The zero-order valence-corrected chi connectivity index (χ0v) is 8.98. The maximum Gasteiger partial charge on any atom is 0.303 e. The highest BCUT2D eigenvalue weighted by Crippen LogP contribution is 2.14. The Bertz CT molecular complexity index is 358. The molecule has 1 aliphatic heterocycles. The number of carboxylic acid groups (broad SMARTS) is 1. The lowest BCUT2D eigenvalue weighted by atomic mass is 10.1. The molecule has 1 atom stereocenters. The van der Waals surface area contributed by atoms with Crippen LogP contribution in [0.15, 0.2) is 4.52 Å². The minimum atomic E-state index is -0.841. The van der Waals surface area contributed by atoms with Gasteiger partial charge in [-0.1, -0.05) is 5.16 Å². The van der Waals surface area contributed by atoms with Crippen molar-refractivity contribution >= 4 is 5.97 Å². The molecule has 2 rings (SSSR count). The zero-order chi connectivity index (χ0) is 11.4. The highest BCUT2D eigenvalue weighted by Gasteiger charge is 2.18. The third-order valence-corrected chi connectivity index (χ3v) is 2.70. The van der Waals surface area contributed by atoms with Crippen molar-refractivity contribution in [3.8, 4) is 0 Å². The van der Waals surface area contributed by atoms with E-state index < -0.39 is 5.97 Å². The molecule has 6 heteroatoms. The van der Waals surface area contributed by atoms with Crippen molar-refractivity contribution in [2.24, 2.45) is 5.92 Å². The molecule has 1 aromatic heterocycles. The summed E-state index contributed by atoms with van der Waals surface area (Å²) in [5.74, 6) is 0.830. The molecule has 1 aliphatic rings. The second kappa shape index (κ2) is 5.07. The molecule has 0 aromatic carbocycles. The fraction of sp³-hybridized carbons (Fsp3) is 0.700. The van der Waals surface area contributed by atoms with E-state index in [9.17, 15) is 4.79 Å². The summed E-state index contributed by atoms with van der Waals surface area (Å²) in [6.45, 7) is 2.04. The Hall–Kier alpha value is -1.43. The summed E-state index contributed by atoms with van der Waals surface area (Å²) in [6.07, 6.45) is 2.30. The molecular weight excluding hydrogens is 210 g/mol. The number of aliphatic carboxylic acids is 1. The fourth-order valence-electron chi connectivity index (χ4n) is 1.83. The van der Waals surface area contributed by atoms with Crippen molar-refractivity contribution in [3.63, 3.8) is 0 Å². The van der Waals surface area contributed by atoms with Crippen molar-refractivity contribution in [2.45, 2.75) is 25.7 Å². The quantitative estimate of drug-likeness (QED) is 0.746. The first kappa shape index (κ1) is 11.1. The van der Waals surface area contributed by atoms with Crippen molar-refractivity contribution in [1.29, 1.82) is 0 Å². The first-order chi connectivity index (χ1) is 7.74. The predicted molar refractivity (Wildman–Crippen MR) is 54.9 cm³/mol. The Morgan fingerprint density at radius 1 is 1.62 bits per heavy atom. The molecule has 1 fully saturated rings. The first-order valence-electron chi connectivity index (χ1n) is 5.48. The van der Waals surface area contributed by atoms with Gasteiger partial charge in [0.15, 0.2) is 5.82 Å². The topological polar surface area (TPSA) is 88.2 Å².